The Morgan fingerprint density at radius 2 is 2.11 bits per heavy atom. The third kappa shape index (κ3) is 3.41. The van der Waals surface area contributed by atoms with E-state index in [4.69, 9.17) is 5.73 Å². The van der Waals surface area contributed by atoms with Crippen LogP contribution in [-0.2, 0) is 0 Å². The van der Waals surface area contributed by atoms with Gasteiger partial charge in [-0.15, -0.1) is 12.4 Å². The number of piperidine rings is 1. The van der Waals surface area contributed by atoms with Gasteiger partial charge in [0.1, 0.15) is 0 Å². The minimum Gasteiger partial charge on any atom is -0.398 e. The van der Waals surface area contributed by atoms with Crippen LogP contribution in [0.25, 0.3) is 0 Å². The molecule has 4 heteroatoms. The summed E-state index contributed by atoms with van der Waals surface area (Å²) in [6.45, 7) is 6.16. The molecule has 1 heterocycles. The van der Waals surface area contributed by atoms with Gasteiger partial charge in [-0.25, -0.2) is 0 Å². The zero-order valence-electron chi connectivity index (χ0n) is 11.7. The molecule has 2 N–H and O–H groups in total. The van der Waals surface area contributed by atoms with Gasteiger partial charge in [-0.05, 0) is 36.8 Å². The second-order valence-electron chi connectivity index (χ2n) is 5.58. The van der Waals surface area contributed by atoms with E-state index in [9.17, 15) is 4.79 Å². The number of para-hydroxylation sites is 1. The van der Waals surface area contributed by atoms with Crippen LogP contribution in [0.1, 0.15) is 43.5 Å². The molecule has 1 saturated heterocycles. The number of nitrogens with two attached hydrogens (primary N) is 1. The summed E-state index contributed by atoms with van der Waals surface area (Å²) in [6, 6.07) is 7.33. The molecular formula is C15H23ClN2O. The smallest absolute Gasteiger partial charge is 0.255 e. The molecule has 19 heavy (non-hydrogen) atoms. The molecular weight excluding hydrogens is 260 g/mol. The van der Waals surface area contributed by atoms with E-state index >= 15 is 0 Å². The molecule has 1 aromatic rings. The first kappa shape index (κ1) is 15.8. The van der Waals surface area contributed by atoms with E-state index < -0.39 is 0 Å². The maximum Gasteiger partial charge on any atom is 0.255 e. The predicted molar refractivity (Wildman–Crippen MR) is 81.6 cm³/mol. The number of amides is 1. The van der Waals surface area contributed by atoms with Crippen LogP contribution in [0.4, 0.5) is 5.69 Å². The summed E-state index contributed by atoms with van der Waals surface area (Å²) in [5.74, 6) is 0.0764. The van der Waals surface area contributed by atoms with Crippen LogP contribution in [0, 0.1) is 5.41 Å². The minimum atomic E-state index is 0. The van der Waals surface area contributed by atoms with Crippen molar-refractivity contribution in [2.45, 2.75) is 33.1 Å². The fourth-order valence-corrected chi connectivity index (χ4v) is 2.64. The lowest BCUT2D eigenvalue weighted by Gasteiger charge is -2.40. The number of carbonyl (C=O) groups excluding carboxylic acids is 1. The Labute approximate surface area is 121 Å². The fourth-order valence-electron chi connectivity index (χ4n) is 2.64. The fraction of sp³-hybridized carbons (Fsp3) is 0.533. The average molecular weight is 283 g/mol. The lowest BCUT2D eigenvalue weighted by molar-refractivity contribution is 0.0544. The van der Waals surface area contributed by atoms with Crippen molar-refractivity contribution in [2.24, 2.45) is 5.41 Å². The molecule has 1 aromatic carbocycles. The van der Waals surface area contributed by atoms with Gasteiger partial charge in [-0.2, -0.15) is 0 Å². The summed E-state index contributed by atoms with van der Waals surface area (Å²) in [6.07, 6.45) is 3.40. The van der Waals surface area contributed by atoms with E-state index in [0.717, 1.165) is 25.9 Å². The number of likely N-dealkylation sites (tertiary alicyclic amines) is 1. The van der Waals surface area contributed by atoms with E-state index in [-0.39, 0.29) is 23.7 Å². The highest BCUT2D eigenvalue weighted by Gasteiger charge is 2.32. The van der Waals surface area contributed by atoms with Gasteiger partial charge in [-0.1, -0.05) is 26.0 Å². The van der Waals surface area contributed by atoms with Gasteiger partial charge < -0.3 is 10.6 Å². The molecule has 0 saturated carbocycles. The van der Waals surface area contributed by atoms with E-state index in [1.165, 1.54) is 6.42 Å². The summed E-state index contributed by atoms with van der Waals surface area (Å²) >= 11 is 0. The largest absolute Gasteiger partial charge is 0.398 e. The second kappa shape index (κ2) is 6.29. The molecule has 0 spiro atoms. The van der Waals surface area contributed by atoms with Crippen molar-refractivity contribution >= 4 is 24.0 Å². The van der Waals surface area contributed by atoms with Crippen LogP contribution in [0.2, 0.25) is 0 Å². The molecule has 106 valence electrons. The summed E-state index contributed by atoms with van der Waals surface area (Å²) in [5.41, 5.74) is 7.35. The summed E-state index contributed by atoms with van der Waals surface area (Å²) in [4.78, 5) is 14.4. The van der Waals surface area contributed by atoms with Crippen LogP contribution < -0.4 is 5.73 Å². The molecule has 1 fully saturated rings. The Morgan fingerprint density at radius 3 is 2.74 bits per heavy atom. The Morgan fingerprint density at radius 1 is 1.42 bits per heavy atom. The molecule has 0 aliphatic carbocycles. The third-order valence-electron chi connectivity index (χ3n) is 4.11. The molecule has 1 amide bonds. The lowest BCUT2D eigenvalue weighted by atomic mass is 9.79. The molecule has 0 aromatic heterocycles. The van der Waals surface area contributed by atoms with Gasteiger partial charge in [0, 0.05) is 18.8 Å². The van der Waals surface area contributed by atoms with Crippen LogP contribution in [0.15, 0.2) is 24.3 Å². The van der Waals surface area contributed by atoms with Gasteiger partial charge in [0.25, 0.3) is 5.91 Å². The number of anilines is 1. The minimum absolute atomic E-state index is 0. The second-order valence-corrected chi connectivity index (χ2v) is 5.58. The molecule has 2 rings (SSSR count). The van der Waals surface area contributed by atoms with Crippen molar-refractivity contribution in [3.05, 3.63) is 29.8 Å². The van der Waals surface area contributed by atoms with Crippen molar-refractivity contribution in [3.63, 3.8) is 0 Å². The van der Waals surface area contributed by atoms with Crippen molar-refractivity contribution in [1.29, 1.82) is 0 Å². The number of nitrogens with zero attached hydrogens (tertiary/aromatic N) is 1. The molecule has 3 nitrogen and oxygen atoms in total. The van der Waals surface area contributed by atoms with Crippen LogP contribution in [0.3, 0.4) is 0 Å². The van der Waals surface area contributed by atoms with Gasteiger partial charge in [0.05, 0.1) is 5.56 Å². The van der Waals surface area contributed by atoms with E-state index in [1.54, 1.807) is 6.07 Å². The maximum atomic E-state index is 12.5. The number of hydrogen-bond donors (Lipinski definition) is 1. The average Bonchev–Trinajstić information content (AvgIpc) is 2.39. The number of hydrogen-bond acceptors (Lipinski definition) is 2. The third-order valence-corrected chi connectivity index (χ3v) is 4.11. The van der Waals surface area contributed by atoms with E-state index in [2.05, 4.69) is 13.8 Å². The molecule has 1 aliphatic heterocycles. The highest BCUT2D eigenvalue weighted by molar-refractivity contribution is 5.99. The van der Waals surface area contributed by atoms with Crippen molar-refractivity contribution in [2.75, 3.05) is 18.8 Å². The summed E-state index contributed by atoms with van der Waals surface area (Å²) in [7, 11) is 0. The maximum absolute atomic E-state index is 12.5. The Balaban J connectivity index is 0.00000180. The Hall–Kier alpha value is -1.22. The first-order chi connectivity index (χ1) is 8.56. The number of rotatable bonds is 2. The van der Waals surface area contributed by atoms with Crippen molar-refractivity contribution in [3.8, 4) is 0 Å². The van der Waals surface area contributed by atoms with Crippen LogP contribution >= 0.6 is 12.4 Å². The predicted octanol–water partition coefficient (Wildman–Crippen LogP) is 3.34. The SMILES string of the molecule is CCC1(C)CCCN(C(=O)c2ccccc2N)C1.Cl. The number of halogens is 1. The Bertz CT molecular complexity index is 450. The summed E-state index contributed by atoms with van der Waals surface area (Å²) < 4.78 is 0. The zero-order valence-corrected chi connectivity index (χ0v) is 12.5. The highest BCUT2D eigenvalue weighted by atomic mass is 35.5. The normalized spacial score (nSPS) is 22.7. The molecule has 1 unspecified atom stereocenters. The first-order valence-electron chi connectivity index (χ1n) is 6.69. The van der Waals surface area contributed by atoms with Crippen LogP contribution in [-0.4, -0.2) is 23.9 Å². The van der Waals surface area contributed by atoms with Gasteiger partial charge >= 0.3 is 0 Å². The molecule has 0 radical (unpaired) electrons. The molecule has 0 bridgehead atoms. The zero-order chi connectivity index (χ0) is 13.2. The van der Waals surface area contributed by atoms with Crippen molar-refractivity contribution < 1.29 is 4.79 Å². The quantitative estimate of drug-likeness (QED) is 0.846. The highest BCUT2D eigenvalue weighted by Crippen LogP contribution is 2.33. The first-order valence-corrected chi connectivity index (χ1v) is 6.69. The number of benzene rings is 1. The lowest BCUT2D eigenvalue weighted by Crippen LogP contribution is -2.44. The number of carbonyl (C=O) groups is 1. The molecule has 1 aliphatic rings. The van der Waals surface area contributed by atoms with E-state index in [0.29, 0.717) is 11.3 Å². The van der Waals surface area contributed by atoms with Gasteiger partial charge in [0.2, 0.25) is 0 Å². The van der Waals surface area contributed by atoms with E-state index in [1.807, 2.05) is 23.1 Å². The van der Waals surface area contributed by atoms with Gasteiger partial charge in [-0.3, -0.25) is 4.79 Å². The topological polar surface area (TPSA) is 46.3 Å². The van der Waals surface area contributed by atoms with Crippen LogP contribution in [0.5, 0.6) is 0 Å². The summed E-state index contributed by atoms with van der Waals surface area (Å²) in [5, 5.41) is 0. The Kier molecular flexibility index (Phi) is 5.24. The van der Waals surface area contributed by atoms with Gasteiger partial charge in [0.15, 0.2) is 0 Å². The van der Waals surface area contributed by atoms with Crippen molar-refractivity contribution in [1.82, 2.24) is 4.90 Å². The monoisotopic (exact) mass is 282 g/mol. The number of nitrogen functional groups attached to an aromatic ring is 1. The standard InChI is InChI=1S/C15H22N2O.ClH/c1-3-15(2)9-6-10-17(11-15)14(18)12-7-4-5-8-13(12)16;/h4-5,7-8H,3,6,9-11,16H2,1-2H3;1H. The molecule has 1 atom stereocenters.